The molecule has 3 aromatic rings. The first-order chi connectivity index (χ1) is 11.5. The summed E-state index contributed by atoms with van der Waals surface area (Å²) in [6, 6.07) is 7.86. The molecule has 0 unspecified atom stereocenters. The Bertz CT molecular complexity index is 971. The molecule has 0 spiro atoms. The molecule has 0 bridgehead atoms. The van der Waals surface area contributed by atoms with Crippen molar-refractivity contribution in [1.29, 1.82) is 0 Å². The van der Waals surface area contributed by atoms with Crippen LogP contribution in [-0.2, 0) is 16.1 Å². The molecule has 0 radical (unpaired) electrons. The minimum absolute atomic E-state index is 0.111. The number of aromatic nitrogens is 3. The molecule has 24 heavy (non-hydrogen) atoms. The Morgan fingerprint density at radius 2 is 2.04 bits per heavy atom. The third-order valence-corrected chi connectivity index (χ3v) is 3.92. The predicted octanol–water partition coefficient (Wildman–Crippen LogP) is 1.03. The van der Waals surface area contributed by atoms with E-state index in [1.54, 1.807) is 7.11 Å². The van der Waals surface area contributed by atoms with Gasteiger partial charge in [-0.15, -0.1) is 0 Å². The van der Waals surface area contributed by atoms with Gasteiger partial charge in [-0.05, 0) is 32.0 Å². The monoisotopic (exact) mass is 328 g/mol. The molecular weight excluding hydrogens is 308 g/mol. The average Bonchev–Trinajstić information content (AvgIpc) is 2.91. The van der Waals surface area contributed by atoms with E-state index >= 15 is 0 Å². The van der Waals surface area contributed by atoms with Gasteiger partial charge in [-0.25, -0.2) is 4.68 Å². The van der Waals surface area contributed by atoms with E-state index in [9.17, 15) is 9.59 Å². The number of amides is 1. The highest BCUT2D eigenvalue weighted by atomic mass is 16.5. The van der Waals surface area contributed by atoms with Gasteiger partial charge in [0.25, 0.3) is 5.56 Å². The summed E-state index contributed by atoms with van der Waals surface area (Å²) >= 11 is 0. The van der Waals surface area contributed by atoms with E-state index in [2.05, 4.69) is 10.4 Å². The zero-order chi connectivity index (χ0) is 17.3. The van der Waals surface area contributed by atoms with Gasteiger partial charge in [0, 0.05) is 19.0 Å². The number of fused-ring (bicyclic) bond motifs is 3. The van der Waals surface area contributed by atoms with Crippen LogP contribution in [0.4, 0.5) is 0 Å². The van der Waals surface area contributed by atoms with Gasteiger partial charge in [0.05, 0.1) is 12.1 Å². The minimum atomic E-state index is -0.281. The lowest BCUT2D eigenvalue weighted by Gasteiger charge is -2.09. The summed E-state index contributed by atoms with van der Waals surface area (Å²) < 4.78 is 7.92. The first-order valence-corrected chi connectivity index (χ1v) is 7.76. The topological polar surface area (TPSA) is 77.6 Å². The van der Waals surface area contributed by atoms with Crippen LogP contribution < -0.4 is 10.9 Å². The highest BCUT2D eigenvalue weighted by molar-refractivity contribution is 5.87. The SMILES string of the molecule is COCCNC(=O)Cn1nc(C)n2c(cc3cc(C)ccc32)c1=O. The second-order valence-electron chi connectivity index (χ2n) is 5.78. The summed E-state index contributed by atoms with van der Waals surface area (Å²) in [6.45, 7) is 4.55. The lowest BCUT2D eigenvalue weighted by Crippen LogP contribution is -2.36. The molecule has 7 nitrogen and oxygen atoms in total. The Hall–Kier alpha value is -2.67. The highest BCUT2D eigenvalue weighted by Gasteiger charge is 2.14. The first kappa shape index (κ1) is 16.2. The molecule has 1 aromatic carbocycles. The van der Waals surface area contributed by atoms with Crippen LogP contribution in [0.15, 0.2) is 29.1 Å². The Morgan fingerprint density at radius 1 is 1.25 bits per heavy atom. The maximum Gasteiger partial charge on any atom is 0.291 e. The van der Waals surface area contributed by atoms with Gasteiger partial charge in [-0.2, -0.15) is 5.10 Å². The Kier molecular flexibility index (Phi) is 4.35. The van der Waals surface area contributed by atoms with E-state index < -0.39 is 0 Å². The third-order valence-electron chi connectivity index (χ3n) is 3.92. The molecule has 1 amide bonds. The zero-order valence-electron chi connectivity index (χ0n) is 14.0. The van der Waals surface area contributed by atoms with E-state index in [1.807, 2.05) is 42.5 Å². The Labute approximate surface area is 138 Å². The van der Waals surface area contributed by atoms with E-state index in [0.717, 1.165) is 16.5 Å². The Morgan fingerprint density at radius 3 is 2.79 bits per heavy atom. The number of carbonyl (C=O) groups is 1. The molecular formula is C17H20N4O3. The second kappa shape index (κ2) is 6.45. The fourth-order valence-corrected chi connectivity index (χ4v) is 2.83. The lowest BCUT2D eigenvalue weighted by molar-refractivity contribution is -0.122. The highest BCUT2D eigenvalue weighted by Crippen LogP contribution is 2.20. The van der Waals surface area contributed by atoms with Crippen molar-refractivity contribution in [3.63, 3.8) is 0 Å². The molecule has 0 saturated heterocycles. The van der Waals surface area contributed by atoms with Crippen molar-refractivity contribution in [3.05, 3.63) is 46.0 Å². The van der Waals surface area contributed by atoms with Gasteiger partial charge in [0.15, 0.2) is 0 Å². The van der Waals surface area contributed by atoms with Crippen molar-refractivity contribution in [2.24, 2.45) is 0 Å². The van der Waals surface area contributed by atoms with Crippen LogP contribution in [0.25, 0.3) is 16.4 Å². The fraction of sp³-hybridized carbons (Fsp3) is 0.353. The summed E-state index contributed by atoms with van der Waals surface area (Å²) in [5, 5.41) is 7.96. The van der Waals surface area contributed by atoms with E-state index in [-0.39, 0.29) is 18.0 Å². The lowest BCUT2D eigenvalue weighted by atomic mass is 10.2. The minimum Gasteiger partial charge on any atom is -0.383 e. The smallest absolute Gasteiger partial charge is 0.291 e. The summed E-state index contributed by atoms with van der Waals surface area (Å²) in [6.07, 6.45) is 0. The number of hydrogen-bond donors (Lipinski definition) is 1. The van der Waals surface area contributed by atoms with Gasteiger partial charge in [-0.3, -0.25) is 14.0 Å². The summed E-state index contributed by atoms with van der Waals surface area (Å²) in [5.41, 5.74) is 2.31. The normalized spacial score (nSPS) is 11.3. The maximum atomic E-state index is 12.7. The van der Waals surface area contributed by atoms with Crippen LogP contribution in [0.2, 0.25) is 0 Å². The third kappa shape index (κ3) is 2.90. The van der Waals surface area contributed by atoms with Gasteiger partial charge in [-0.1, -0.05) is 11.6 Å². The number of nitrogens with zero attached hydrogens (tertiary/aromatic N) is 3. The average molecular weight is 328 g/mol. The number of aryl methyl sites for hydroxylation is 2. The molecule has 126 valence electrons. The predicted molar refractivity (Wildman–Crippen MR) is 91.3 cm³/mol. The first-order valence-electron chi connectivity index (χ1n) is 7.76. The summed E-state index contributed by atoms with van der Waals surface area (Å²) in [4.78, 5) is 24.6. The molecule has 0 atom stereocenters. The molecule has 0 saturated carbocycles. The zero-order valence-corrected chi connectivity index (χ0v) is 14.0. The summed E-state index contributed by atoms with van der Waals surface area (Å²) in [5.74, 6) is 0.394. The van der Waals surface area contributed by atoms with Gasteiger partial charge in [0.1, 0.15) is 17.9 Å². The largest absolute Gasteiger partial charge is 0.383 e. The van der Waals surface area contributed by atoms with Crippen LogP contribution >= 0.6 is 0 Å². The number of ether oxygens (including phenoxy) is 1. The summed E-state index contributed by atoms with van der Waals surface area (Å²) in [7, 11) is 1.56. The van der Waals surface area contributed by atoms with Crippen molar-refractivity contribution in [1.82, 2.24) is 19.5 Å². The van der Waals surface area contributed by atoms with Crippen LogP contribution in [0.1, 0.15) is 11.4 Å². The molecule has 3 rings (SSSR count). The molecule has 0 aliphatic carbocycles. The van der Waals surface area contributed by atoms with Gasteiger partial charge in [0.2, 0.25) is 5.91 Å². The van der Waals surface area contributed by atoms with Crippen molar-refractivity contribution in [2.45, 2.75) is 20.4 Å². The van der Waals surface area contributed by atoms with Crippen molar-refractivity contribution >= 4 is 22.3 Å². The standard InChI is InChI=1S/C17H20N4O3/c1-11-4-5-14-13(8-11)9-15-17(23)20(19-12(2)21(14)15)10-16(22)18-6-7-24-3/h4-5,8-9H,6-7,10H2,1-3H3,(H,18,22). The molecule has 2 heterocycles. The van der Waals surface area contributed by atoms with Crippen molar-refractivity contribution in [2.75, 3.05) is 20.3 Å². The molecule has 1 N–H and O–H groups in total. The maximum absolute atomic E-state index is 12.7. The van der Waals surface area contributed by atoms with E-state index in [0.29, 0.717) is 24.5 Å². The number of carbonyl (C=O) groups excluding carboxylic acids is 1. The Balaban J connectivity index is 2.02. The van der Waals surface area contributed by atoms with Crippen LogP contribution in [0, 0.1) is 13.8 Å². The number of rotatable bonds is 5. The quantitative estimate of drug-likeness (QED) is 0.710. The second-order valence-corrected chi connectivity index (χ2v) is 5.78. The molecule has 0 aliphatic rings. The molecule has 2 aromatic heterocycles. The van der Waals surface area contributed by atoms with Crippen LogP contribution in [-0.4, -0.2) is 40.3 Å². The fourth-order valence-electron chi connectivity index (χ4n) is 2.83. The van der Waals surface area contributed by atoms with Crippen molar-refractivity contribution in [3.8, 4) is 0 Å². The van der Waals surface area contributed by atoms with E-state index in [4.69, 9.17) is 4.74 Å². The number of nitrogens with one attached hydrogen (secondary N) is 1. The van der Waals surface area contributed by atoms with Gasteiger partial charge >= 0.3 is 0 Å². The van der Waals surface area contributed by atoms with Crippen LogP contribution in [0.3, 0.4) is 0 Å². The number of methoxy groups -OCH3 is 1. The molecule has 0 fully saturated rings. The number of benzene rings is 1. The van der Waals surface area contributed by atoms with Crippen molar-refractivity contribution < 1.29 is 9.53 Å². The molecule has 0 aliphatic heterocycles. The number of hydrogen-bond acceptors (Lipinski definition) is 4. The van der Waals surface area contributed by atoms with E-state index in [1.165, 1.54) is 4.68 Å². The van der Waals surface area contributed by atoms with Gasteiger partial charge < -0.3 is 10.1 Å². The van der Waals surface area contributed by atoms with Crippen LogP contribution in [0.5, 0.6) is 0 Å². The molecule has 7 heteroatoms.